The predicted molar refractivity (Wildman–Crippen MR) is 74.9 cm³/mol. The van der Waals surface area contributed by atoms with Crippen LogP contribution >= 0.6 is 0 Å². The molecule has 0 aliphatic carbocycles. The van der Waals surface area contributed by atoms with Crippen molar-refractivity contribution in [2.45, 2.75) is 19.9 Å². The molecule has 0 aliphatic heterocycles. The first-order valence-electron chi connectivity index (χ1n) is 6.19. The molecule has 19 heavy (non-hydrogen) atoms. The molecule has 0 amide bonds. The Balaban J connectivity index is 2.44. The van der Waals surface area contributed by atoms with Crippen molar-refractivity contribution in [3.05, 3.63) is 64.5 Å². The van der Waals surface area contributed by atoms with Gasteiger partial charge in [0.25, 0.3) is 0 Å². The number of ether oxygens (including phenoxy) is 1. The predicted octanol–water partition coefficient (Wildman–Crippen LogP) is 3.50. The molecule has 1 unspecified atom stereocenters. The molecule has 0 bridgehead atoms. The molecule has 100 valence electrons. The molecule has 0 radical (unpaired) electrons. The zero-order chi connectivity index (χ0) is 14.0. The van der Waals surface area contributed by atoms with Crippen molar-refractivity contribution in [1.82, 2.24) is 0 Å². The van der Waals surface area contributed by atoms with Crippen molar-refractivity contribution in [3.63, 3.8) is 0 Å². The standard InChI is InChI=1S/C16H18FNO/c1-10-5-4-6-13(11(10)2)16(18)12-7-8-14(17)15(9-12)19-3/h4-9,16H,18H2,1-3H3. The molecule has 0 saturated heterocycles. The second-order valence-electron chi connectivity index (χ2n) is 4.66. The minimum Gasteiger partial charge on any atom is -0.494 e. The number of hydrogen-bond acceptors (Lipinski definition) is 2. The van der Waals surface area contributed by atoms with Crippen molar-refractivity contribution < 1.29 is 9.13 Å². The number of methoxy groups -OCH3 is 1. The van der Waals surface area contributed by atoms with Gasteiger partial charge in [0.15, 0.2) is 11.6 Å². The van der Waals surface area contributed by atoms with Crippen LogP contribution in [0.15, 0.2) is 36.4 Å². The SMILES string of the molecule is COc1cc(C(N)c2cccc(C)c2C)ccc1F. The van der Waals surface area contributed by atoms with Gasteiger partial charge in [0.05, 0.1) is 13.2 Å². The molecule has 2 aromatic rings. The Labute approximate surface area is 113 Å². The second kappa shape index (κ2) is 5.41. The van der Waals surface area contributed by atoms with Crippen LogP contribution in [-0.2, 0) is 0 Å². The third-order valence-corrected chi connectivity index (χ3v) is 3.52. The third kappa shape index (κ3) is 2.61. The van der Waals surface area contributed by atoms with Gasteiger partial charge in [-0.15, -0.1) is 0 Å². The Kier molecular flexibility index (Phi) is 3.86. The van der Waals surface area contributed by atoms with E-state index in [0.29, 0.717) is 0 Å². The van der Waals surface area contributed by atoms with Gasteiger partial charge in [0.1, 0.15) is 0 Å². The zero-order valence-electron chi connectivity index (χ0n) is 11.4. The molecule has 2 N–H and O–H groups in total. The molecule has 2 rings (SSSR count). The molecule has 2 aromatic carbocycles. The van der Waals surface area contributed by atoms with Crippen LogP contribution < -0.4 is 10.5 Å². The summed E-state index contributed by atoms with van der Waals surface area (Å²) in [6.07, 6.45) is 0. The highest BCUT2D eigenvalue weighted by Gasteiger charge is 2.14. The molecular formula is C16H18FNO. The van der Waals surface area contributed by atoms with E-state index in [2.05, 4.69) is 13.0 Å². The number of halogens is 1. The van der Waals surface area contributed by atoms with Crippen molar-refractivity contribution in [2.24, 2.45) is 5.73 Å². The normalized spacial score (nSPS) is 12.3. The van der Waals surface area contributed by atoms with E-state index in [1.807, 2.05) is 19.1 Å². The van der Waals surface area contributed by atoms with E-state index in [1.165, 1.54) is 24.3 Å². The van der Waals surface area contributed by atoms with Gasteiger partial charge in [0, 0.05) is 0 Å². The van der Waals surface area contributed by atoms with Crippen LogP contribution in [0.4, 0.5) is 4.39 Å². The van der Waals surface area contributed by atoms with E-state index in [0.717, 1.165) is 11.1 Å². The summed E-state index contributed by atoms with van der Waals surface area (Å²) in [5.74, 6) is -0.155. The molecule has 0 aliphatic rings. The maximum absolute atomic E-state index is 13.4. The Morgan fingerprint density at radius 1 is 1.16 bits per heavy atom. The lowest BCUT2D eigenvalue weighted by molar-refractivity contribution is 0.385. The highest BCUT2D eigenvalue weighted by atomic mass is 19.1. The topological polar surface area (TPSA) is 35.2 Å². The highest BCUT2D eigenvalue weighted by Crippen LogP contribution is 2.28. The Hall–Kier alpha value is -1.87. The van der Waals surface area contributed by atoms with Gasteiger partial charge in [-0.2, -0.15) is 0 Å². The van der Waals surface area contributed by atoms with Crippen LogP contribution in [0, 0.1) is 19.7 Å². The van der Waals surface area contributed by atoms with Crippen LogP contribution in [0.1, 0.15) is 28.3 Å². The van der Waals surface area contributed by atoms with Crippen molar-refractivity contribution in [1.29, 1.82) is 0 Å². The van der Waals surface area contributed by atoms with E-state index >= 15 is 0 Å². The van der Waals surface area contributed by atoms with Crippen molar-refractivity contribution >= 4 is 0 Å². The van der Waals surface area contributed by atoms with Crippen molar-refractivity contribution in [2.75, 3.05) is 7.11 Å². The number of aryl methyl sites for hydroxylation is 1. The molecule has 0 saturated carbocycles. The molecular weight excluding hydrogens is 241 g/mol. The molecule has 0 heterocycles. The van der Waals surface area contributed by atoms with Gasteiger partial charge in [-0.1, -0.05) is 24.3 Å². The molecule has 1 atom stereocenters. The van der Waals surface area contributed by atoms with Gasteiger partial charge in [-0.3, -0.25) is 0 Å². The molecule has 3 heteroatoms. The molecule has 0 fully saturated rings. The number of benzene rings is 2. The van der Waals surface area contributed by atoms with Crippen molar-refractivity contribution in [3.8, 4) is 5.75 Å². The first kappa shape index (κ1) is 13.6. The highest BCUT2D eigenvalue weighted by molar-refractivity contribution is 5.42. The fourth-order valence-corrected chi connectivity index (χ4v) is 2.16. The summed E-state index contributed by atoms with van der Waals surface area (Å²) >= 11 is 0. The average molecular weight is 259 g/mol. The summed E-state index contributed by atoms with van der Waals surface area (Å²) in [6.45, 7) is 4.10. The number of nitrogens with two attached hydrogens (primary N) is 1. The lowest BCUT2D eigenvalue weighted by Gasteiger charge is -2.17. The van der Waals surface area contributed by atoms with E-state index in [9.17, 15) is 4.39 Å². The van der Waals surface area contributed by atoms with E-state index in [4.69, 9.17) is 10.5 Å². The lowest BCUT2D eigenvalue weighted by atomic mass is 9.93. The van der Waals surface area contributed by atoms with Crippen LogP contribution in [0.5, 0.6) is 5.75 Å². The minimum atomic E-state index is -0.376. The lowest BCUT2D eigenvalue weighted by Crippen LogP contribution is -2.14. The number of rotatable bonds is 3. The minimum absolute atomic E-state index is 0.221. The summed E-state index contributed by atoms with van der Waals surface area (Å²) in [4.78, 5) is 0. The summed E-state index contributed by atoms with van der Waals surface area (Å²) in [5, 5.41) is 0. The first-order chi connectivity index (χ1) is 9.04. The number of hydrogen-bond donors (Lipinski definition) is 1. The summed E-state index contributed by atoms with van der Waals surface area (Å²) in [7, 11) is 1.45. The second-order valence-corrected chi connectivity index (χ2v) is 4.66. The van der Waals surface area contributed by atoms with Gasteiger partial charge in [0.2, 0.25) is 0 Å². The van der Waals surface area contributed by atoms with E-state index < -0.39 is 0 Å². The quantitative estimate of drug-likeness (QED) is 0.915. The summed E-state index contributed by atoms with van der Waals surface area (Å²) in [5.41, 5.74) is 10.5. The van der Waals surface area contributed by atoms with Gasteiger partial charge >= 0.3 is 0 Å². The molecule has 0 spiro atoms. The summed E-state index contributed by atoms with van der Waals surface area (Å²) < 4.78 is 18.4. The summed E-state index contributed by atoms with van der Waals surface area (Å²) in [6, 6.07) is 10.5. The Morgan fingerprint density at radius 2 is 1.89 bits per heavy atom. The molecule has 2 nitrogen and oxygen atoms in total. The fourth-order valence-electron chi connectivity index (χ4n) is 2.16. The van der Waals surface area contributed by atoms with Crippen LogP contribution in [-0.4, -0.2) is 7.11 Å². The van der Waals surface area contributed by atoms with Gasteiger partial charge in [-0.25, -0.2) is 4.39 Å². The fraction of sp³-hybridized carbons (Fsp3) is 0.250. The smallest absolute Gasteiger partial charge is 0.165 e. The van der Waals surface area contributed by atoms with Gasteiger partial charge < -0.3 is 10.5 Å². The zero-order valence-corrected chi connectivity index (χ0v) is 11.4. The third-order valence-electron chi connectivity index (χ3n) is 3.52. The Morgan fingerprint density at radius 3 is 2.58 bits per heavy atom. The Bertz CT molecular complexity index is 595. The maximum Gasteiger partial charge on any atom is 0.165 e. The van der Waals surface area contributed by atoms with Crippen LogP contribution in [0.3, 0.4) is 0 Å². The van der Waals surface area contributed by atoms with Crippen LogP contribution in [0.25, 0.3) is 0 Å². The van der Waals surface area contributed by atoms with Crippen LogP contribution in [0.2, 0.25) is 0 Å². The van der Waals surface area contributed by atoms with Gasteiger partial charge in [-0.05, 0) is 48.2 Å². The van der Waals surface area contributed by atoms with E-state index in [-0.39, 0.29) is 17.6 Å². The van der Waals surface area contributed by atoms with E-state index in [1.54, 1.807) is 12.1 Å². The average Bonchev–Trinajstić information content (AvgIpc) is 2.41. The largest absolute Gasteiger partial charge is 0.494 e. The molecule has 0 aromatic heterocycles. The maximum atomic E-state index is 13.4. The first-order valence-corrected chi connectivity index (χ1v) is 6.19. The monoisotopic (exact) mass is 259 g/mol.